The third-order valence-corrected chi connectivity index (χ3v) is 4.76. The summed E-state index contributed by atoms with van der Waals surface area (Å²) in [5.74, 6) is -0.377. The number of aliphatic hydroxyl groups is 1. The van der Waals surface area contributed by atoms with Crippen LogP contribution >= 0.6 is 11.8 Å². The summed E-state index contributed by atoms with van der Waals surface area (Å²) in [5, 5.41) is 24.3. The van der Waals surface area contributed by atoms with Crippen LogP contribution in [-0.2, 0) is 0 Å². The smallest absolute Gasteiger partial charge is 0.270 e. The van der Waals surface area contributed by atoms with E-state index in [9.17, 15) is 20.0 Å². The van der Waals surface area contributed by atoms with E-state index in [1.807, 2.05) is 36.6 Å². The Hall–Kier alpha value is -3.17. The molecule has 0 bridgehead atoms. The predicted octanol–water partition coefficient (Wildman–Crippen LogP) is 2.97. The van der Waals surface area contributed by atoms with Gasteiger partial charge in [0.25, 0.3) is 11.6 Å². The van der Waals surface area contributed by atoms with Gasteiger partial charge < -0.3 is 10.4 Å². The molecule has 1 heterocycles. The van der Waals surface area contributed by atoms with Gasteiger partial charge >= 0.3 is 0 Å². The standard InChI is InChI=1S/C19H18N4O4S/c1-28-19-21-11-16(22(19)14-5-3-2-4-6-14)18(25)20-12-17(24)13-7-9-15(10-8-13)23(26)27/h2-11,17,24H,12H2,1H3,(H,20,25). The van der Waals surface area contributed by atoms with Crippen LogP contribution < -0.4 is 5.32 Å². The average Bonchev–Trinajstić information content (AvgIpc) is 3.16. The first-order chi connectivity index (χ1) is 13.5. The van der Waals surface area contributed by atoms with Crippen LogP contribution in [-0.4, -0.2) is 38.3 Å². The van der Waals surface area contributed by atoms with Crippen molar-refractivity contribution >= 4 is 23.4 Å². The average molecular weight is 398 g/mol. The molecule has 1 atom stereocenters. The van der Waals surface area contributed by atoms with E-state index in [0.29, 0.717) is 16.4 Å². The molecule has 3 rings (SSSR count). The van der Waals surface area contributed by atoms with Crippen LogP contribution in [0.5, 0.6) is 0 Å². The van der Waals surface area contributed by atoms with E-state index in [0.717, 1.165) is 5.69 Å². The maximum atomic E-state index is 12.7. The minimum atomic E-state index is -0.988. The molecule has 0 spiro atoms. The number of para-hydroxylation sites is 1. The molecular formula is C19H18N4O4S. The van der Waals surface area contributed by atoms with E-state index in [-0.39, 0.29) is 18.1 Å². The molecule has 0 aliphatic heterocycles. The summed E-state index contributed by atoms with van der Waals surface area (Å²) in [7, 11) is 0. The molecule has 28 heavy (non-hydrogen) atoms. The number of hydrogen-bond donors (Lipinski definition) is 2. The number of amides is 1. The van der Waals surface area contributed by atoms with Crippen molar-refractivity contribution in [3.05, 3.63) is 82.2 Å². The third-order valence-electron chi connectivity index (χ3n) is 4.10. The summed E-state index contributed by atoms with van der Waals surface area (Å²) in [6.45, 7) is -0.0365. The Morgan fingerprint density at radius 2 is 1.93 bits per heavy atom. The number of nitro groups is 1. The highest BCUT2D eigenvalue weighted by Crippen LogP contribution is 2.22. The lowest BCUT2D eigenvalue weighted by molar-refractivity contribution is -0.384. The Morgan fingerprint density at radius 1 is 1.25 bits per heavy atom. The Balaban J connectivity index is 1.73. The number of nitrogens with zero attached hydrogens (tertiary/aromatic N) is 3. The van der Waals surface area contributed by atoms with Gasteiger partial charge in [-0.2, -0.15) is 0 Å². The van der Waals surface area contributed by atoms with E-state index in [4.69, 9.17) is 0 Å². The molecule has 9 heteroatoms. The number of aliphatic hydroxyl groups excluding tert-OH is 1. The lowest BCUT2D eigenvalue weighted by atomic mass is 10.1. The van der Waals surface area contributed by atoms with Crippen LogP contribution in [0.1, 0.15) is 22.2 Å². The summed E-state index contributed by atoms with van der Waals surface area (Å²) in [6, 6.07) is 15.0. The number of aromatic nitrogens is 2. The van der Waals surface area contributed by atoms with Gasteiger partial charge in [-0.1, -0.05) is 30.0 Å². The molecule has 0 aliphatic rings. The zero-order chi connectivity index (χ0) is 20.1. The van der Waals surface area contributed by atoms with Gasteiger partial charge in [0, 0.05) is 24.4 Å². The molecule has 0 saturated carbocycles. The number of benzene rings is 2. The third kappa shape index (κ3) is 4.21. The summed E-state index contributed by atoms with van der Waals surface area (Å²) in [6.07, 6.45) is 2.38. The highest BCUT2D eigenvalue weighted by Gasteiger charge is 2.19. The van der Waals surface area contributed by atoms with Crippen LogP contribution in [0.2, 0.25) is 0 Å². The van der Waals surface area contributed by atoms with Crippen LogP contribution in [0.3, 0.4) is 0 Å². The second-order valence-corrected chi connectivity index (χ2v) is 6.65. The van der Waals surface area contributed by atoms with Gasteiger partial charge in [-0.25, -0.2) is 4.98 Å². The molecule has 0 aliphatic carbocycles. The van der Waals surface area contributed by atoms with Gasteiger partial charge in [-0.3, -0.25) is 19.5 Å². The van der Waals surface area contributed by atoms with Crippen molar-refractivity contribution in [2.24, 2.45) is 0 Å². The summed E-state index contributed by atoms with van der Waals surface area (Å²) < 4.78 is 1.75. The van der Waals surface area contributed by atoms with E-state index in [1.54, 1.807) is 4.57 Å². The molecule has 0 fully saturated rings. The highest BCUT2D eigenvalue weighted by molar-refractivity contribution is 7.98. The Labute approximate surface area is 165 Å². The van der Waals surface area contributed by atoms with E-state index >= 15 is 0 Å². The quantitative estimate of drug-likeness (QED) is 0.360. The normalized spacial score (nSPS) is 11.8. The molecule has 1 unspecified atom stereocenters. The molecule has 0 radical (unpaired) electrons. The van der Waals surface area contributed by atoms with Crippen molar-refractivity contribution in [1.82, 2.24) is 14.9 Å². The van der Waals surface area contributed by atoms with Gasteiger partial charge in [0.2, 0.25) is 0 Å². The van der Waals surface area contributed by atoms with Crippen molar-refractivity contribution in [1.29, 1.82) is 0 Å². The Morgan fingerprint density at radius 3 is 2.54 bits per heavy atom. The van der Waals surface area contributed by atoms with Gasteiger partial charge in [0.15, 0.2) is 5.16 Å². The lowest BCUT2D eigenvalue weighted by Gasteiger charge is -2.14. The first-order valence-electron chi connectivity index (χ1n) is 8.39. The number of carbonyl (C=O) groups is 1. The molecule has 2 N–H and O–H groups in total. The van der Waals surface area contributed by atoms with Gasteiger partial charge in [-0.15, -0.1) is 0 Å². The zero-order valence-electron chi connectivity index (χ0n) is 15.0. The van der Waals surface area contributed by atoms with Gasteiger partial charge in [0.05, 0.1) is 17.2 Å². The Bertz CT molecular complexity index is 973. The number of hydrogen-bond acceptors (Lipinski definition) is 6. The maximum Gasteiger partial charge on any atom is 0.270 e. The second-order valence-electron chi connectivity index (χ2n) is 5.88. The van der Waals surface area contributed by atoms with E-state index in [1.165, 1.54) is 42.2 Å². The number of rotatable bonds is 7. The summed E-state index contributed by atoms with van der Waals surface area (Å²) in [5.41, 5.74) is 1.58. The second kappa shape index (κ2) is 8.68. The van der Waals surface area contributed by atoms with Crippen molar-refractivity contribution in [2.45, 2.75) is 11.3 Å². The topological polar surface area (TPSA) is 110 Å². The fraction of sp³-hybridized carbons (Fsp3) is 0.158. The number of non-ortho nitro benzene ring substituents is 1. The van der Waals surface area contributed by atoms with Crippen molar-refractivity contribution in [2.75, 3.05) is 12.8 Å². The largest absolute Gasteiger partial charge is 0.387 e. The maximum absolute atomic E-state index is 12.7. The van der Waals surface area contributed by atoms with Gasteiger partial charge in [0.1, 0.15) is 5.69 Å². The molecule has 1 amide bonds. The first kappa shape index (κ1) is 19.6. The Kier molecular flexibility index (Phi) is 6.07. The number of thioether (sulfide) groups is 1. The van der Waals surface area contributed by atoms with E-state index < -0.39 is 11.0 Å². The minimum absolute atomic E-state index is 0.0365. The predicted molar refractivity (Wildman–Crippen MR) is 106 cm³/mol. The fourth-order valence-corrected chi connectivity index (χ4v) is 3.23. The highest BCUT2D eigenvalue weighted by atomic mass is 32.2. The van der Waals surface area contributed by atoms with Crippen LogP contribution in [0.25, 0.3) is 5.69 Å². The number of imidazole rings is 1. The fourth-order valence-electron chi connectivity index (χ4n) is 2.68. The minimum Gasteiger partial charge on any atom is -0.387 e. The molecule has 3 aromatic rings. The number of carbonyl (C=O) groups excluding carboxylic acids is 1. The summed E-state index contributed by atoms with van der Waals surface area (Å²) >= 11 is 1.42. The number of nitro benzene ring substituents is 1. The van der Waals surface area contributed by atoms with Crippen LogP contribution in [0.15, 0.2) is 66.0 Å². The zero-order valence-corrected chi connectivity index (χ0v) is 15.8. The molecular weight excluding hydrogens is 380 g/mol. The first-order valence-corrected chi connectivity index (χ1v) is 9.61. The summed E-state index contributed by atoms with van der Waals surface area (Å²) in [4.78, 5) is 27.1. The SMILES string of the molecule is CSc1ncc(C(=O)NCC(O)c2ccc([N+](=O)[O-])cc2)n1-c1ccccc1. The monoisotopic (exact) mass is 398 g/mol. The molecule has 8 nitrogen and oxygen atoms in total. The number of nitrogens with one attached hydrogen (secondary N) is 1. The van der Waals surface area contributed by atoms with Crippen molar-refractivity contribution < 1.29 is 14.8 Å². The van der Waals surface area contributed by atoms with Crippen LogP contribution in [0, 0.1) is 10.1 Å². The van der Waals surface area contributed by atoms with Crippen molar-refractivity contribution in [3.8, 4) is 5.69 Å². The lowest BCUT2D eigenvalue weighted by Crippen LogP contribution is -2.30. The van der Waals surface area contributed by atoms with E-state index in [2.05, 4.69) is 10.3 Å². The van der Waals surface area contributed by atoms with Crippen molar-refractivity contribution in [3.63, 3.8) is 0 Å². The van der Waals surface area contributed by atoms with Gasteiger partial charge in [-0.05, 0) is 36.1 Å². The molecule has 0 saturated heterocycles. The molecule has 144 valence electrons. The van der Waals surface area contributed by atoms with Crippen LogP contribution in [0.4, 0.5) is 5.69 Å². The molecule has 1 aromatic heterocycles. The molecule has 2 aromatic carbocycles.